The van der Waals surface area contributed by atoms with E-state index in [0.717, 1.165) is 31.4 Å². The first kappa shape index (κ1) is 13.4. The first-order chi connectivity index (χ1) is 8.74. The van der Waals surface area contributed by atoms with Gasteiger partial charge in [-0.25, -0.2) is 0 Å². The molecule has 0 radical (unpaired) electrons. The van der Waals surface area contributed by atoms with Gasteiger partial charge in [0.15, 0.2) is 0 Å². The number of hydrogen-bond acceptors (Lipinski definition) is 3. The summed E-state index contributed by atoms with van der Waals surface area (Å²) in [4.78, 5) is 2.50. The summed E-state index contributed by atoms with van der Waals surface area (Å²) in [5.41, 5.74) is 8.29. The largest absolute Gasteiger partial charge is 0.496 e. The molecule has 18 heavy (non-hydrogen) atoms. The minimum absolute atomic E-state index is 0.721. The lowest BCUT2D eigenvalue weighted by Gasteiger charge is -2.37. The SMILES string of the molecule is COc1ccc(C)cc1CN(CCN)C1CCC1. The summed E-state index contributed by atoms with van der Waals surface area (Å²) >= 11 is 0. The van der Waals surface area contributed by atoms with Gasteiger partial charge in [-0.05, 0) is 25.8 Å². The molecule has 1 aliphatic carbocycles. The van der Waals surface area contributed by atoms with Crippen molar-refractivity contribution in [3.05, 3.63) is 29.3 Å². The van der Waals surface area contributed by atoms with Crippen LogP contribution in [0.1, 0.15) is 30.4 Å². The molecule has 2 rings (SSSR count). The zero-order chi connectivity index (χ0) is 13.0. The quantitative estimate of drug-likeness (QED) is 0.839. The van der Waals surface area contributed by atoms with Crippen molar-refractivity contribution in [2.45, 2.75) is 38.8 Å². The summed E-state index contributed by atoms with van der Waals surface area (Å²) in [7, 11) is 1.74. The first-order valence-electron chi connectivity index (χ1n) is 6.82. The van der Waals surface area contributed by atoms with Crippen LogP contribution in [-0.4, -0.2) is 31.1 Å². The summed E-state index contributed by atoms with van der Waals surface area (Å²) in [5, 5.41) is 0. The van der Waals surface area contributed by atoms with Gasteiger partial charge in [-0.2, -0.15) is 0 Å². The molecule has 1 aromatic carbocycles. The molecule has 0 heterocycles. The van der Waals surface area contributed by atoms with Crippen molar-refractivity contribution in [3.8, 4) is 5.75 Å². The second-order valence-corrected chi connectivity index (χ2v) is 5.16. The number of hydrogen-bond donors (Lipinski definition) is 1. The van der Waals surface area contributed by atoms with Crippen LogP contribution in [-0.2, 0) is 6.54 Å². The molecular formula is C15H24N2O. The predicted octanol–water partition coefficient (Wildman–Crippen LogP) is 2.32. The van der Waals surface area contributed by atoms with Crippen LogP contribution in [0.5, 0.6) is 5.75 Å². The monoisotopic (exact) mass is 248 g/mol. The Bertz CT molecular complexity index is 388. The molecule has 0 aliphatic heterocycles. The van der Waals surface area contributed by atoms with Crippen molar-refractivity contribution >= 4 is 0 Å². The summed E-state index contributed by atoms with van der Waals surface area (Å²) < 4.78 is 5.45. The van der Waals surface area contributed by atoms with E-state index in [1.165, 1.54) is 30.4 Å². The standard InChI is InChI=1S/C15H24N2O/c1-12-6-7-15(18-2)13(10-12)11-17(9-8-16)14-4-3-5-14/h6-7,10,14H,3-5,8-9,11,16H2,1-2H3. The maximum absolute atomic E-state index is 5.73. The lowest BCUT2D eigenvalue weighted by Crippen LogP contribution is -2.42. The van der Waals surface area contributed by atoms with E-state index in [4.69, 9.17) is 10.5 Å². The van der Waals surface area contributed by atoms with Gasteiger partial charge in [0.05, 0.1) is 7.11 Å². The molecule has 0 spiro atoms. The lowest BCUT2D eigenvalue weighted by atomic mass is 9.91. The van der Waals surface area contributed by atoms with Gasteiger partial charge in [-0.1, -0.05) is 24.1 Å². The van der Waals surface area contributed by atoms with E-state index in [2.05, 4.69) is 30.0 Å². The van der Waals surface area contributed by atoms with Gasteiger partial charge >= 0.3 is 0 Å². The number of aryl methyl sites for hydroxylation is 1. The Morgan fingerprint density at radius 3 is 2.72 bits per heavy atom. The normalized spacial score (nSPS) is 15.8. The number of nitrogens with zero attached hydrogens (tertiary/aromatic N) is 1. The van der Waals surface area contributed by atoms with Gasteiger partial charge in [0.1, 0.15) is 5.75 Å². The average Bonchev–Trinajstić information content (AvgIpc) is 2.27. The molecule has 3 nitrogen and oxygen atoms in total. The highest BCUT2D eigenvalue weighted by Gasteiger charge is 2.25. The molecule has 3 heteroatoms. The van der Waals surface area contributed by atoms with Crippen LogP contribution >= 0.6 is 0 Å². The molecule has 1 saturated carbocycles. The summed E-state index contributed by atoms with van der Waals surface area (Å²) in [6.07, 6.45) is 3.99. The summed E-state index contributed by atoms with van der Waals surface area (Å²) in [5.74, 6) is 0.988. The Balaban J connectivity index is 2.11. The van der Waals surface area contributed by atoms with Crippen LogP contribution in [0.2, 0.25) is 0 Å². The zero-order valence-corrected chi connectivity index (χ0v) is 11.5. The average molecular weight is 248 g/mol. The maximum Gasteiger partial charge on any atom is 0.123 e. The smallest absolute Gasteiger partial charge is 0.123 e. The molecule has 1 aliphatic rings. The number of rotatable bonds is 6. The maximum atomic E-state index is 5.73. The highest BCUT2D eigenvalue weighted by molar-refractivity contribution is 5.36. The molecule has 0 atom stereocenters. The van der Waals surface area contributed by atoms with Crippen LogP contribution in [0, 0.1) is 6.92 Å². The van der Waals surface area contributed by atoms with Gasteiger partial charge in [0.25, 0.3) is 0 Å². The predicted molar refractivity (Wildman–Crippen MR) is 74.8 cm³/mol. The fourth-order valence-electron chi connectivity index (χ4n) is 2.56. The molecule has 1 fully saturated rings. The van der Waals surface area contributed by atoms with Crippen LogP contribution < -0.4 is 10.5 Å². The van der Waals surface area contributed by atoms with Gasteiger partial charge < -0.3 is 10.5 Å². The molecule has 2 N–H and O–H groups in total. The third kappa shape index (κ3) is 3.03. The minimum atomic E-state index is 0.721. The zero-order valence-electron chi connectivity index (χ0n) is 11.5. The topological polar surface area (TPSA) is 38.5 Å². The number of ether oxygens (including phenoxy) is 1. The van der Waals surface area contributed by atoms with Gasteiger partial charge in [0.2, 0.25) is 0 Å². The Morgan fingerprint density at radius 1 is 1.39 bits per heavy atom. The molecular weight excluding hydrogens is 224 g/mol. The third-order valence-electron chi connectivity index (χ3n) is 3.82. The van der Waals surface area contributed by atoms with E-state index >= 15 is 0 Å². The van der Waals surface area contributed by atoms with Crippen LogP contribution in [0.25, 0.3) is 0 Å². The molecule has 0 aromatic heterocycles. The van der Waals surface area contributed by atoms with Crippen molar-refractivity contribution < 1.29 is 4.74 Å². The van der Waals surface area contributed by atoms with E-state index < -0.39 is 0 Å². The Labute approximate surface area is 110 Å². The Morgan fingerprint density at radius 2 is 2.17 bits per heavy atom. The third-order valence-corrected chi connectivity index (χ3v) is 3.82. The minimum Gasteiger partial charge on any atom is -0.496 e. The van der Waals surface area contributed by atoms with Gasteiger partial charge in [-0.3, -0.25) is 4.90 Å². The highest BCUT2D eigenvalue weighted by atomic mass is 16.5. The fraction of sp³-hybridized carbons (Fsp3) is 0.600. The number of benzene rings is 1. The fourth-order valence-corrected chi connectivity index (χ4v) is 2.56. The molecule has 100 valence electrons. The molecule has 0 unspecified atom stereocenters. The summed E-state index contributed by atoms with van der Waals surface area (Å²) in [6.45, 7) is 4.78. The van der Waals surface area contributed by atoms with Crippen molar-refractivity contribution in [1.82, 2.24) is 4.90 Å². The van der Waals surface area contributed by atoms with Crippen LogP contribution in [0.4, 0.5) is 0 Å². The van der Waals surface area contributed by atoms with Crippen molar-refractivity contribution in [1.29, 1.82) is 0 Å². The van der Waals surface area contributed by atoms with E-state index in [-0.39, 0.29) is 0 Å². The van der Waals surface area contributed by atoms with Crippen LogP contribution in [0.15, 0.2) is 18.2 Å². The van der Waals surface area contributed by atoms with E-state index in [0.29, 0.717) is 0 Å². The van der Waals surface area contributed by atoms with Crippen molar-refractivity contribution in [2.75, 3.05) is 20.2 Å². The molecule has 1 aromatic rings. The second-order valence-electron chi connectivity index (χ2n) is 5.16. The van der Waals surface area contributed by atoms with E-state index in [1.54, 1.807) is 7.11 Å². The second kappa shape index (κ2) is 6.21. The van der Waals surface area contributed by atoms with E-state index in [9.17, 15) is 0 Å². The Hall–Kier alpha value is -1.06. The van der Waals surface area contributed by atoms with Gasteiger partial charge in [-0.15, -0.1) is 0 Å². The Kier molecular flexibility index (Phi) is 4.61. The number of nitrogens with two attached hydrogens (primary N) is 1. The summed E-state index contributed by atoms with van der Waals surface area (Å²) in [6, 6.07) is 7.10. The van der Waals surface area contributed by atoms with Crippen molar-refractivity contribution in [3.63, 3.8) is 0 Å². The first-order valence-corrected chi connectivity index (χ1v) is 6.82. The molecule has 0 saturated heterocycles. The lowest BCUT2D eigenvalue weighted by molar-refractivity contribution is 0.122. The highest BCUT2D eigenvalue weighted by Crippen LogP contribution is 2.28. The number of methoxy groups -OCH3 is 1. The van der Waals surface area contributed by atoms with E-state index in [1.807, 2.05) is 0 Å². The molecule has 0 amide bonds. The van der Waals surface area contributed by atoms with Crippen molar-refractivity contribution in [2.24, 2.45) is 5.73 Å². The molecule has 0 bridgehead atoms. The van der Waals surface area contributed by atoms with Gasteiger partial charge in [0, 0.05) is 31.2 Å². The van der Waals surface area contributed by atoms with Crippen LogP contribution in [0.3, 0.4) is 0 Å².